The van der Waals surface area contributed by atoms with Crippen molar-refractivity contribution in [2.45, 2.75) is 19.8 Å². The van der Waals surface area contributed by atoms with E-state index in [1.54, 1.807) is 12.3 Å². The van der Waals surface area contributed by atoms with Gasteiger partial charge in [-0.2, -0.15) is 0 Å². The fourth-order valence-corrected chi connectivity index (χ4v) is 1.89. The van der Waals surface area contributed by atoms with E-state index in [4.69, 9.17) is 10.00 Å². The van der Waals surface area contributed by atoms with Gasteiger partial charge in [0.1, 0.15) is 5.75 Å². The number of hydrogen-bond donors (Lipinski definition) is 0. The lowest BCUT2D eigenvalue weighted by atomic mass is 9.98. The van der Waals surface area contributed by atoms with Crippen LogP contribution in [-0.4, -0.2) is 0 Å². The molecule has 2 rings (SSSR count). The highest BCUT2D eigenvalue weighted by Crippen LogP contribution is 2.30. The molecule has 0 atom stereocenters. The molecular weight excluding hydrogens is 222 g/mol. The van der Waals surface area contributed by atoms with Gasteiger partial charge < -0.3 is 4.74 Å². The van der Waals surface area contributed by atoms with Gasteiger partial charge in [0.25, 0.3) is 6.26 Å². The maximum atomic E-state index is 8.64. The van der Waals surface area contributed by atoms with Crippen LogP contribution in [0.15, 0.2) is 48.5 Å². The van der Waals surface area contributed by atoms with E-state index in [2.05, 4.69) is 38.1 Å². The Morgan fingerprint density at radius 1 is 1.00 bits per heavy atom. The molecule has 2 aromatic carbocycles. The molecule has 18 heavy (non-hydrogen) atoms. The number of benzene rings is 2. The fourth-order valence-electron chi connectivity index (χ4n) is 1.89. The van der Waals surface area contributed by atoms with E-state index in [1.807, 2.05) is 18.2 Å². The van der Waals surface area contributed by atoms with E-state index in [-0.39, 0.29) is 0 Å². The highest BCUT2D eigenvalue weighted by atomic mass is 16.5. The number of hydrogen-bond acceptors (Lipinski definition) is 2. The molecule has 0 heterocycles. The van der Waals surface area contributed by atoms with Gasteiger partial charge in [-0.15, -0.1) is 5.26 Å². The van der Waals surface area contributed by atoms with Crippen molar-refractivity contribution in [3.63, 3.8) is 0 Å². The summed E-state index contributed by atoms with van der Waals surface area (Å²) >= 11 is 0. The van der Waals surface area contributed by atoms with Crippen molar-refractivity contribution in [3.05, 3.63) is 54.1 Å². The summed E-state index contributed by atoms with van der Waals surface area (Å²) in [6.45, 7) is 4.34. The predicted molar refractivity (Wildman–Crippen MR) is 72.2 cm³/mol. The second-order valence-electron chi connectivity index (χ2n) is 4.47. The molecule has 0 fully saturated rings. The van der Waals surface area contributed by atoms with Crippen LogP contribution in [0.4, 0.5) is 0 Å². The first-order chi connectivity index (χ1) is 8.72. The second-order valence-corrected chi connectivity index (χ2v) is 4.47. The van der Waals surface area contributed by atoms with Gasteiger partial charge >= 0.3 is 0 Å². The van der Waals surface area contributed by atoms with E-state index in [9.17, 15) is 0 Å². The first-order valence-corrected chi connectivity index (χ1v) is 5.97. The summed E-state index contributed by atoms with van der Waals surface area (Å²) in [5, 5.41) is 8.64. The summed E-state index contributed by atoms with van der Waals surface area (Å²) in [7, 11) is 0. The second kappa shape index (κ2) is 5.37. The van der Waals surface area contributed by atoms with Crippen LogP contribution >= 0.6 is 0 Å². The SMILES string of the molecule is CC(C)c1ccc(-c2ccccc2OC#N)cc1. The highest BCUT2D eigenvalue weighted by molar-refractivity contribution is 5.70. The van der Waals surface area contributed by atoms with Crippen LogP contribution in [0.3, 0.4) is 0 Å². The average Bonchev–Trinajstić information content (AvgIpc) is 2.40. The summed E-state index contributed by atoms with van der Waals surface area (Å²) < 4.78 is 4.97. The van der Waals surface area contributed by atoms with Crippen molar-refractivity contribution in [2.24, 2.45) is 0 Å². The lowest BCUT2D eigenvalue weighted by Crippen LogP contribution is -1.89. The molecule has 0 aromatic heterocycles. The number of nitrogens with zero attached hydrogens (tertiary/aromatic N) is 1. The van der Waals surface area contributed by atoms with Gasteiger partial charge in [-0.25, -0.2) is 0 Å². The molecule has 0 bridgehead atoms. The minimum absolute atomic E-state index is 0.518. The minimum Gasteiger partial charge on any atom is -0.387 e. The van der Waals surface area contributed by atoms with Crippen molar-refractivity contribution in [3.8, 4) is 23.1 Å². The highest BCUT2D eigenvalue weighted by Gasteiger charge is 2.06. The van der Waals surface area contributed by atoms with Crippen LogP contribution < -0.4 is 4.74 Å². The number of nitriles is 1. The first kappa shape index (κ1) is 12.2. The average molecular weight is 237 g/mol. The molecule has 2 aromatic rings. The van der Waals surface area contributed by atoms with Crippen LogP contribution in [0.1, 0.15) is 25.3 Å². The molecule has 0 aliphatic carbocycles. The standard InChI is InChI=1S/C16H15NO/c1-12(2)13-7-9-14(10-8-13)15-5-3-4-6-16(15)18-11-17/h3-10,12H,1-2H3. The van der Waals surface area contributed by atoms with E-state index >= 15 is 0 Å². The molecule has 0 aliphatic rings. The Balaban J connectivity index is 2.40. The normalized spacial score (nSPS) is 10.1. The number of rotatable bonds is 3. The number of para-hydroxylation sites is 1. The summed E-state index contributed by atoms with van der Waals surface area (Å²) in [4.78, 5) is 0. The van der Waals surface area contributed by atoms with Gasteiger partial charge in [-0.05, 0) is 23.1 Å². The Hall–Kier alpha value is -2.27. The molecule has 2 nitrogen and oxygen atoms in total. The molecule has 0 amide bonds. The van der Waals surface area contributed by atoms with Crippen LogP contribution in [0.5, 0.6) is 5.75 Å². The Bertz CT molecular complexity index is 564. The molecule has 90 valence electrons. The molecule has 0 radical (unpaired) electrons. The van der Waals surface area contributed by atoms with Crippen molar-refractivity contribution in [1.29, 1.82) is 5.26 Å². The first-order valence-electron chi connectivity index (χ1n) is 5.97. The van der Waals surface area contributed by atoms with Crippen LogP contribution in [-0.2, 0) is 0 Å². The van der Waals surface area contributed by atoms with Gasteiger partial charge in [0.05, 0.1) is 0 Å². The van der Waals surface area contributed by atoms with E-state index < -0.39 is 0 Å². The zero-order valence-electron chi connectivity index (χ0n) is 10.6. The molecule has 0 unspecified atom stereocenters. The lowest BCUT2D eigenvalue weighted by molar-refractivity contribution is 0.509. The molecule has 0 N–H and O–H groups in total. The fraction of sp³-hybridized carbons (Fsp3) is 0.188. The molecule has 2 heteroatoms. The zero-order valence-corrected chi connectivity index (χ0v) is 10.6. The summed E-state index contributed by atoms with van der Waals surface area (Å²) in [5.41, 5.74) is 3.30. The smallest absolute Gasteiger partial charge is 0.292 e. The molecular formula is C16H15NO. The molecule has 0 saturated carbocycles. The number of ether oxygens (including phenoxy) is 1. The summed E-state index contributed by atoms with van der Waals surface area (Å²) in [6, 6.07) is 15.9. The summed E-state index contributed by atoms with van der Waals surface area (Å²) in [5.74, 6) is 1.11. The molecule has 0 aliphatic heterocycles. The van der Waals surface area contributed by atoms with Gasteiger partial charge in [0, 0.05) is 5.56 Å². The van der Waals surface area contributed by atoms with E-state index in [0.717, 1.165) is 11.1 Å². The molecule has 0 spiro atoms. The van der Waals surface area contributed by atoms with E-state index in [1.165, 1.54) is 5.56 Å². The third kappa shape index (κ3) is 2.52. The van der Waals surface area contributed by atoms with Crippen molar-refractivity contribution >= 4 is 0 Å². The Kier molecular flexibility index (Phi) is 3.64. The third-order valence-corrected chi connectivity index (χ3v) is 2.93. The molecule has 0 saturated heterocycles. The van der Waals surface area contributed by atoms with Gasteiger partial charge in [-0.1, -0.05) is 56.3 Å². The van der Waals surface area contributed by atoms with Crippen LogP contribution in [0, 0.1) is 11.5 Å². The van der Waals surface area contributed by atoms with E-state index in [0.29, 0.717) is 11.7 Å². The Labute approximate surface area is 107 Å². The van der Waals surface area contributed by atoms with Crippen molar-refractivity contribution < 1.29 is 4.74 Å². The topological polar surface area (TPSA) is 33.0 Å². The van der Waals surface area contributed by atoms with Crippen molar-refractivity contribution in [1.82, 2.24) is 0 Å². The predicted octanol–water partition coefficient (Wildman–Crippen LogP) is 4.34. The quantitative estimate of drug-likeness (QED) is 0.744. The zero-order chi connectivity index (χ0) is 13.0. The Morgan fingerprint density at radius 2 is 1.67 bits per heavy atom. The van der Waals surface area contributed by atoms with Crippen LogP contribution in [0.2, 0.25) is 0 Å². The van der Waals surface area contributed by atoms with Gasteiger partial charge in [-0.3, -0.25) is 0 Å². The maximum absolute atomic E-state index is 8.64. The third-order valence-electron chi connectivity index (χ3n) is 2.93. The Morgan fingerprint density at radius 3 is 2.28 bits per heavy atom. The lowest BCUT2D eigenvalue weighted by Gasteiger charge is -2.09. The van der Waals surface area contributed by atoms with Crippen molar-refractivity contribution in [2.75, 3.05) is 0 Å². The largest absolute Gasteiger partial charge is 0.387 e. The van der Waals surface area contributed by atoms with Gasteiger partial charge in [0.2, 0.25) is 0 Å². The summed E-state index contributed by atoms with van der Waals surface area (Å²) in [6.07, 6.45) is 1.72. The maximum Gasteiger partial charge on any atom is 0.292 e. The van der Waals surface area contributed by atoms with Crippen LogP contribution in [0.25, 0.3) is 11.1 Å². The van der Waals surface area contributed by atoms with Gasteiger partial charge in [0.15, 0.2) is 0 Å². The monoisotopic (exact) mass is 237 g/mol. The minimum atomic E-state index is 0.518.